The molecule has 4 aliphatic heterocycles. The number of Topliss-reactive ketones (excluding diaryl/α,β-unsaturated/α-hetero) is 1. The first-order chi connectivity index (χ1) is 38.3. The lowest BCUT2D eigenvalue weighted by Gasteiger charge is -2.42. The van der Waals surface area contributed by atoms with Gasteiger partial charge >= 0.3 is 0 Å². The SMILES string of the molecule is COCCCc1c(O)cc(CCc2ccccc2)cc1C[C@H]1CCC[C@@]2(CC#C[C@H]3NC(N)=N[C@H](C(C)C)CSSC[C@H]3[C@@H]3Cc4c5cc(c(c4O[C@H]3O)OCN2)CC#Cc2c(ccc(O)c2OC)CCC(=O)C[C@H](O)CC5)C1. The fourth-order valence-corrected chi connectivity index (χ4v) is 15.3. The van der Waals surface area contributed by atoms with E-state index in [4.69, 9.17) is 29.7 Å². The maximum Gasteiger partial charge on any atom is 0.201 e. The van der Waals surface area contributed by atoms with E-state index in [-0.39, 0.29) is 67.1 Å². The van der Waals surface area contributed by atoms with E-state index in [2.05, 4.69) is 84.6 Å². The first-order valence-corrected chi connectivity index (χ1v) is 31.0. The van der Waals surface area contributed by atoms with E-state index in [1.165, 1.54) is 18.2 Å². The molecule has 1 saturated carbocycles. The second kappa shape index (κ2) is 27.3. The van der Waals surface area contributed by atoms with E-state index in [0.29, 0.717) is 73.2 Å². The molecule has 79 heavy (non-hydrogen) atoms. The number of benzene rings is 4. The predicted octanol–water partition coefficient (Wildman–Crippen LogP) is 8.95. The molecule has 4 aromatic rings. The summed E-state index contributed by atoms with van der Waals surface area (Å²) in [4.78, 5) is 18.4. The number of phenols is 2. The highest BCUT2D eigenvalue weighted by Gasteiger charge is 2.43. The molecule has 0 radical (unpaired) electrons. The lowest BCUT2D eigenvalue weighted by molar-refractivity contribution is -0.121. The molecule has 6 aliphatic rings. The third kappa shape index (κ3) is 14.7. The van der Waals surface area contributed by atoms with Crippen LogP contribution in [0.25, 0.3) is 0 Å². The maximum absolute atomic E-state index is 13.4. The predicted molar refractivity (Wildman–Crippen MR) is 315 cm³/mol. The number of nitrogens with zero attached hydrogens (tertiary/aromatic N) is 1. The molecule has 0 saturated heterocycles. The Labute approximate surface area is 475 Å². The normalized spacial score (nSPS) is 25.6. The Hall–Kier alpha value is -5.52. The Balaban J connectivity index is 1.12. The number of methoxy groups -OCH3 is 2. The van der Waals surface area contributed by atoms with Gasteiger partial charge in [0.2, 0.25) is 6.29 Å². The molecule has 0 unspecified atom stereocenters. The number of phenolic OH excluding ortho intramolecular Hbond substituents is 2. The van der Waals surface area contributed by atoms with Crippen molar-refractivity contribution in [3.63, 3.8) is 0 Å². The lowest BCUT2D eigenvalue weighted by Crippen LogP contribution is -2.52. The summed E-state index contributed by atoms with van der Waals surface area (Å²) < 4.78 is 25.0. The molecule has 8 atom stereocenters. The van der Waals surface area contributed by atoms with Gasteiger partial charge in [-0.3, -0.25) is 10.1 Å². The maximum atomic E-state index is 13.4. The van der Waals surface area contributed by atoms with Crippen molar-refractivity contribution >= 4 is 33.3 Å². The van der Waals surface area contributed by atoms with Crippen LogP contribution in [0, 0.1) is 47.4 Å². The highest BCUT2D eigenvalue weighted by atomic mass is 33.1. The van der Waals surface area contributed by atoms with Crippen LogP contribution in [-0.2, 0) is 60.9 Å². The number of ketones is 1. The Morgan fingerprint density at radius 1 is 0.886 bits per heavy atom. The van der Waals surface area contributed by atoms with E-state index in [0.717, 1.165) is 96.9 Å². The third-order valence-electron chi connectivity index (χ3n) is 16.8. The second-order valence-electron chi connectivity index (χ2n) is 22.7. The van der Waals surface area contributed by atoms with Crippen LogP contribution < -0.4 is 30.6 Å². The lowest BCUT2D eigenvalue weighted by atomic mass is 9.71. The number of rotatable bonds is 11. The van der Waals surface area contributed by atoms with Crippen LogP contribution in [0.5, 0.6) is 28.7 Å². The number of fused-ring (bicyclic) bond motifs is 7. The highest BCUT2D eigenvalue weighted by molar-refractivity contribution is 8.76. The topological polar surface area (TPSA) is 197 Å². The quantitative estimate of drug-likeness (QED) is 0.0427. The summed E-state index contributed by atoms with van der Waals surface area (Å²) in [5.74, 6) is 17.1. The van der Waals surface area contributed by atoms with Gasteiger partial charge in [-0.15, -0.1) is 0 Å². The number of hydrogen-bond donors (Lipinski definition) is 7. The first kappa shape index (κ1) is 58.1. The van der Waals surface area contributed by atoms with Crippen molar-refractivity contribution in [3.05, 3.63) is 111 Å². The number of aryl methyl sites for hydroxylation is 4. The fraction of sp³-hybridized carbons (Fsp3) is 0.531. The number of aromatic hydroxyl groups is 2. The van der Waals surface area contributed by atoms with Crippen molar-refractivity contribution in [1.29, 1.82) is 0 Å². The summed E-state index contributed by atoms with van der Waals surface area (Å²) in [6, 6.07) is 19.7. The molecule has 10 rings (SSSR count). The van der Waals surface area contributed by atoms with Gasteiger partial charge in [0, 0.05) is 79.4 Å². The fourth-order valence-electron chi connectivity index (χ4n) is 12.4. The smallest absolute Gasteiger partial charge is 0.201 e. The number of aliphatic imine (C=N–C) groups is 1. The Morgan fingerprint density at radius 2 is 1.71 bits per heavy atom. The van der Waals surface area contributed by atoms with Crippen molar-refractivity contribution in [1.82, 2.24) is 10.6 Å². The second-order valence-corrected chi connectivity index (χ2v) is 25.3. The molecule has 15 heteroatoms. The van der Waals surface area contributed by atoms with E-state index >= 15 is 0 Å². The molecule has 8 N–H and O–H groups in total. The molecule has 1 fully saturated rings. The van der Waals surface area contributed by atoms with Gasteiger partial charge in [0.15, 0.2) is 29.0 Å². The van der Waals surface area contributed by atoms with Gasteiger partial charge in [0.25, 0.3) is 0 Å². The number of aliphatic hydroxyl groups is 2. The van der Waals surface area contributed by atoms with E-state index < -0.39 is 29.9 Å². The van der Waals surface area contributed by atoms with Gasteiger partial charge in [-0.05, 0) is 134 Å². The summed E-state index contributed by atoms with van der Waals surface area (Å²) in [5, 5.41) is 53.9. The summed E-state index contributed by atoms with van der Waals surface area (Å²) in [6.07, 6.45) is 8.13. The summed E-state index contributed by atoms with van der Waals surface area (Å²) in [5.41, 5.74) is 14.8. The minimum absolute atomic E-state index is 0.00137. The van der Waals surface area contributed by atoms with Crippen molar-refractivity contribution in [3.8, 4) is 52.4 Å². The van der Waals surface area contributed by atoms with Crippen LogP contribution >= 0.6 is 21.6 Å². The monoisotopic (exact) mass is 1110 g/mol. The van der Waals surface area contributed by atoms with E-state index in [9.17, 15) is 25.2 Å². The minimum Gasteiger partial charge on any atom is -0.508 e. The number of ether oxygens (including phenoxy) is 4. The van der Waals surface area contributed by atoms with Gasteiger partial charge in [-0.25, -0.2) is 4.99 Å². The summed E-state index contributed by atoms with van der Waals surface area (Å²) in [7, 11) is 6.74. The molecule has 2 aliphatic carbocycles. The number of carbonyl (C=O) groups is 1. The van der Waals surface area contributed by atoms with E-state index in [1.54, 1.807) is 40.8 Å². The molecule has 422 valence electrons. The van der Waals surface area contributed by atoms with Gasteiger partial charge in [-0.1, -0.05) is 114 Å². The largest absolute Gasteiger partial charge is 0.508 e. The Morgan fingerprint density at radius 3 is 2.52 bits per heavy atom. The minimum atomic E-state index is -1.23. The Bertz CT molecular complexity index is 2930. The van der Waals surface area contributed by atoms with Crippen LogP contribution in [0.1, 0.15) is 122 Å². The highest BCUT2D eigenvalue weighted by Crippen LogP contribution is 2.47. The van der Waals surface area contributed by atoms with Crippen molar-refractivity contribution < 1.29 is 44.2 Å². The molecule has 13 nitrogen and oxygen atoms in total. The van der Waals surface area contributed by atoms with Crippen LogP contribution in [0.3, 0.4) is 0 Å². The van der Waals surface area contributed by atoms with Crippen LogP contribution in [0.15, 0.2) is 65.7 Å². The van der Waals surface area contributed by atoms with Gasteiger partial charge < -0.3 is 50.4 Å². The number of nitrogens with one attached hydrogen (secondary N) is 2. The number of guanidine groups is 1. The van der Waals surface area contributed by atoms with Crippen LogP contribution in [-0.4, -0.2) is 101 Å². The average Bonchev–Trinajstić information content (AvgIpc) is 3.60. The molecule has 0 amide bonds. The summed E-state index contributed by atoms with van der Waals surface area (Å²) in [6.45, 7) is 5.05. The molecule has 6 bridgehead atoms. The third-order valence-corrected chi connectivity index (χ3v) is 19.3. The number of carbonyl (C=O) groups excluding carboxylic acids is 1. The first-order valence-electron chi connectivity index (χ1n) is 28.5. The molecule has 4 aromatic carbocycles. The molecule has 0 aromatic heterocycles. The standard InChI is InChI=1S/C64H80N4O9S2/c1-40(2)56-38-79-78-37-54-53-35-52-45-22-25-49(70)34-48(69)24-21-44-23-26-57(71)60(75-4)51(44)16-8-15-46(33-45)59(61(52)77-62(53)73)76-39-66-64(28-10-18-55(54)67-63(65)68-56)27-9-14-43(36-64)31-47-30-42(20-19-41-12-6-5-7-13-41)32-58(72)50(47)17-11-29-74-3/h5-7,12-13,23,26,30,32-33,40,43,49,53-56,62,66,70-73H,9,11,14-15,17,19-22,24-25,27-29,31,34-39H2,1-4H3,(H3,65,67,68)/t43-,49-,53+,54+,55-,56+,62-,64-/m1/s1. The zero-order chi connectivity index (χ0) is 55.5. The van der Waals surface area contributed by atoms with Crippen molar-refractivity contribution in [2.75, 3.05) is 39.1 Å². The molecule has 1 spiro atoms. The van der Waals surface area contributed by atoms with Crippen molar-refractivity contribution in [2.45, 2.75) is 153 Å². The van der Waals surface area contributed by atoms with Gasteiger partial charge in [-0.2, -0.15) is 0 Å². The van der Waals surface area contributed by atoms with Gasteiger partial charge in [0.1, 0.15) is 18.3 Å². The number of nitrogens with two attached hydrogens (primary N) is 1. The average molecular weight is 1110 g/mol. The molecule has 4 heterocycles. The van der Waals surface area contributed by atoms with Crippen molar-refractivity contribution in [2.24, 2.45) is 34.4 Å². The molecular weight excluding hydrogens is 1030 g/mol. The number of aliphatic hydroxyl groups excluding tert-OH is 2. The van der Waals surface area contributed by atoms with E-state index in [1.807, 2.05) is 12.1 Å². The van der Waals surface area contributed by atoms with Crippen LogP contribution in [0.2, 0.25) is 0 Å². The summed E-state index contributed by atoms with van der Waals surface area (Å²) >= 11 is 0. The molecular formula is C64H80N4O9S2. The zero-order valence-electron chi connectivity index (χ0n) is 46.4. The van der Waals surface area contributed by atoms with Gasteiger partial charge in [0.05, 0.1) is 30.9 Å². The van der Waals surface area contributed by atoms with Crippen LogP contribution in [0.4, 0.5) is 0 Å². The number of hydrogen-bond acceptors (Lipinski definition) is 15. The Kier molecular flexibility index (Phi) is 20.1. The zero-order valence-corrected chi connectivity index (χ0v) is 48.0.